The molecule has 0 heterocycles. The van der Waals surface area contributed by atoms with E-state index in [1.165, 1.54) is 0 Å². The van der Waals surface area contributed by atoms with E-state index in [2.05, 4.69) is 12.2 Å². The number of amides is 2. The maximum atomic E-state index is 12.5. The molecule has 0 radical (unpaired) electrons. The fraction of sp³-hybridized carbons (Fsp3) is 0.556. The van der Waals surface area contributed by atoms with Gasteiger partial charge in [0.25, 0.3) is 0 Å². The second-order valence-corrected chi connectivity index (χ2v) is 6.27. The number of unbranched alkanes of at least 4 members (excludes halogenated alkanes) is 1. The van der Waals surface area contributed by atoms with Crippen LogP contribution < -0.4 is 5.32 Å². The van der Waals surface area contributed by atoms with Gasteiger partial charge in [-0.1, -0.05) is 37.6 Å². The molecular formula is C18H26N2O2. The summed E-state index contributed by atoms with van der Waals surface area (Å²) in [6.45, 7) is 5.33. The molecule has 0 aliphatic heterocycles. The van der Waals surface area contributed by atoms with Gasteiger partial charge in [-0.05, 0) is 37.3 Å². The third kappa shape index (κ3) is 3.49. The molecule has 0 spiro atoms. The Hall–Kier alpha value is -1.84. The normalized spacial score (nSPS) is 15.2. The first kappa shape index (κ1) is 16.5. The van der Waals surface area contributed by atoms with Gasteiger partial charge < -0.3 is 10.2 Å². The van der Waals surface area contributed by atoms with Gasteiger partial charge >= 0.3 is 0 Å². The molecule has 1 aromatic carbocycles. The molecule has 22 heavy (non-hydrogen) atoms. The molecule has 0 atom stereocenters. The van der Waals surface area contributed by atoms with E-state index >= 15 is 0 Å². The lowest BCUT2D eigenvalue weighted by atomic mass is 10.0. The van der Waals surface area contributed by atoms with Gasteiger partial charge in [-0.2, -0.15) is 0 Å². The number of benzene rings is 1. The van der Waals surface area contributed by atoms with E-state index in [1.54, 1.807) is 11.9 Å². The summed E-state index contributed by atoms with van der Waals surface area (Å²) in [5, 5.41) is 2.95. The molecule has 4 heteroatoms. The van der Waals surface area contributed by atoms with Gasteiger partial charge in [0.1, 0.15) is 5.41 Å². The van der Waals surface area contributed by atoms with E-state index in [-0.39, 0.29) is 11.8 Å². The highest BCUT2D eigenvalue weighted by molar-refractivity contribution is 6.07. The van der Waals surface area contributed by atoms with Crippen LogP contribution in [0.25, 0.3) is 0 Å². The van der Waals surface area contributed by atoms with Crippen LogP contribution in [0.3, 0.4) is 0 Å². The summed E-state index contributed by atoms with van der Waals surface area (Å²) < 4.78 is 0. The van der Waals surface area contributed by atoms with E-state index in [9.17, 15) is 9.59 Å². The van der Waals surface area contributed by atoms with Crippen molar-refractivity contribution < 1.29 is 9.59 Å². The highest BCUT2D eigenvalue weighted by atomic mass is 16.2. The number of nitrogens with zero attached hydrogens (tertiary/aromatic N) is 1. The van der Waals surface area contributed by atoms with Crippen LogP contribution in [0.2, 0.25) is 0 Å². The van der Waals surface area contributed by atoms with E-state index in [0.717, 1.165) is 30.5 Å². The monoisotopic (exact) mass is 302 g/mol. The Morgan fingerprint density at radius 1 is 1.27 bits per heavy atom. The number of hydrogen-bond donors (Lipinski definition) is 1. The van der Waals surface area contributed by atoms with Crippen molar-refractivity contribution >= 4 is 11.8 Å². The maximum Gasteiger partial charge on any atom is 0.238 e. The molecule has 1 aliphatic rings. The topological polar surface area (TPSA) is 49.4 Å². The van der Waals surface area contributed by atoms with Crippen LogP contribution in [0, 0.1) is 12.3 Å². The number of nitrogens with one attached hydrogen (secondary N) is 1. The average Bonchev–Trinajstić information content (AvgIpc) is 3.32. The van der Waals surface area contributed by atoms with Crippen molar-refractivity contribution in [2.24, 2.45) is 5.41 Å². The minimum atomic E-state index is -0.800. The van der Waals surface area contributed by atoms with Crippen molar-refractivity contribution in [3.05, 3.63) is 35.4 Å². The van der Waals surface area contributed by atoms with Crippen LogP contribution in [-0.4, -0.2) is 30.3 Å². The number of hydrogen-bond acceptors (Lipinski definition) is 2. The Bertz CT molecular complexity index is 550. The first-order valence-electron chi connectivity index (χ1n) is 8.09. The summed E-state index contributed by atoms with van der Waals surface area (Å²) in [7, 11) is 1.80. The first-order chi connectivity index (χ1) is 10.5. The van der Waals surface area contributed by atoms with E-state index in [1.807, 2.05) is 31.2 Å². The van der Waals surface area contributed by atoms with Gasteiger partial charge in [0.2, 0.25) is 11.8 Å². The standard InChI is InChI=1S/C18H26N2O2/c1-4-5-12-20(3)17(22)18(10-11-18)16(21)19-13-15-9-7-6-8-14(15)2/h6-9H,4-5,10-13H2,1-3H3,(H,19,21). The minimum Gasteiger partial charge on any atom is -0.351 e. The predicted molar refractivity (Wildman–Crippen MR) is 87.2 cm³/mol. The molecule has 1 saturated carbocycles. The van der Waals surface area contributed by atoms with Crippen LogP contribution in [0.15, 0.2) is 24.3 Å². The maximum absolute atomic E-state index is 12.5. The number of carbonyl (C=O) groups is 2. The van der Waals surface area contributed by atoms with Gasteiger partial charge in [-0.3, -0.25) is 9.59 Å². The molecule has 0 bridgehead atoms. The lowest BCUT2D eigenvalue weighted by Crippen LogP contribution is -2.44. The van der Waals surface area contributed by atoms with Crippen molar-refractivity contribution in [2.45, 2.75) is 46.1 Å². The summed E-state index contributed by atoms with van der Waals surface area (Å²) >= 11 is 0. The smallest absolute Gasteiger partial charge is 0.238 e. The Morgan fingerprint density at radius 2 is 1.95 bits per heavy atom. The Morgan fingerprint density at radius 3 is 2.55 bits per heavy atom. The molecule has 0 unspecified atom stereocenters. The summed E-state index contributed by atoms with van der Waals surface area (Å²) in [5.74, 6) is -0.146. The number of carbonyl (C=O) groups excluding carboxylic acids is 2. The van der Waals surface area contributed by atoms with E-state index < -0.39 is 5.41 Å². The lowest BCUT2D eigenvalue weighted by molar-refractivity contribution is -0.143. The first-order valence-corrected chi connectivity index (χ1v) is 8.09. The zero-order valence-corrected chi connectivity index (χ0v) is 13.8. The molecule has 120 valence electrons. The number of aryl methyl sites for hydroxylation is 1. The van der Waals surface area contributed by atoms with Gasteiger partial charge in [0.15, 0.2) is 0 Å². The van der Waals surface area contributed by atoms with Crippen LogP contribution in [0.4, 0.5) is 0 Å². The van der Waals surface area contributed by atoms with Gasteiger partial charge in [-0.25, -0.2) is 0 Å². The lowest BCUT2D eigenvalue weighted by Gasteiger charge is -2.23. The van der Waals surface area contributed by atoms with Crippen molar-refractivity contribution in [3.8, 4) is 0 Å². The molecule has 1 fully saturated rings. The fourth-order valence-electron chi connectivity index (χ4n) is 2.68. The second-order valence-electron chi connectivity index (χ2n) is 6.27. The van der Waals surface area contributed by atoms with Crippen LogP contribution >= 0.6 is 0 Å². The van der Waals surface area contributed by atoms with Crippen LogP contribution in [0.1, 0.15) is 43.7 Å². The highest BCUT2D eigenvalue weighted by Gasteiger charge is 2.57. The zero-order valence-electron chi connectivity index (χ0n) is 13.8. The van der Waals surface area contributed by atoms with E-state index in [4.69, 9.17) is 0 Å². The Balaban J connectivity index is 1.94. The molecule has 4 nitrogen and oxygen atoms in total. The summed E-state index contributed by atoms with van der Waals surface area (Å²) in [5.41, 5.74) is 1.45. The number of rotatable bonds is 7. The molecule has 2 amide bonds. The Kier molecular flexibility index (Phi) is 5.22. The summed E-state index contributed by atoms with van der Waals surface area (Å²) in [6, 6.07) is 7.97. The predicted octanol–water partition coefficient (Wildman–Crippen LogP) is 2.65. The fourth-order valence-corrected chi connectivity index (χ4v) is 2.68. The van der Waals surface area contributed by atoms with Crippen molar-refractivity contribution in [1.29, 1.82) is 0 Å². The molecular weight excluding hydrogens is 276 g/mol. The molecule has 0 saturated heterocycles. The van der Waals surface area contributed by atoms with Crippen LogP contribution in [0.5, 0.6) is 0 Å². The molecule has 0 aromatic heterocycles. The average molecular weight is 302 g/mol. The molecule has 1 N–H and O–H groups in total. The third-order valence-corrected chi connectivity index (χ3v) is 4.49. The van der Waals surface area contributed by atoms with Crippen molar-refractivity contribution in [2.75, 3.05) is 13.6 Å². The van der Waals surface area contributed by atoms with E-state index in [0.29, 0.717) is 19.4 Å². The molecule has 2 rings (SSSR count). The quantitative estimate of drug-likeness (QED) is 0.787. The molecule has 1 aliphatic carbocycles. The van der Waals surface area contributed by atoms with Gasteiger partial charge in [0.05, 0.1) is 0 Å². The summed E-state index contributed by atoms with van der Waals surface area (Å²) in [4.78, 5) is 26.7. The summed E-state index contributed by atoms with van der Waals surface area (Å²) in [6.07, 6.45) is 3.36. The van der Waals surface area contributed by atoms with Crippen molar-refractivity contribution in [3.63, 3.8) is 0 Å². The largest absolute Gasteiger partial charge is 0.351 e. The Labute approximate surface area is 132 Å². The zero-order chi connectivity index (χ0) is 16.2. The van der Waals surface area contributed by atoms with Gasteiger partial charge in [0, 0.05) is 20.1 Å². The third-order valence-electron chi connectivity index (χ3n) is 4.49. The highest BCUT2D eigenvalue weighted by Crippen LogP contribution is 2.47. The molecule has 1 aromatic rings. The minimum absolute atomic E-state index is 0.0248. The van der Waals surface area contributed by atoms with Gasteiger partial charge in [-0.15, -0.1) is 0 Å². The second kappa shape index (κ2) is 6.95. The SMILES string of the molecule is CCCCN(C)C(=O)C1(C(=O)NCc2ccccc2C)CC1. The van der Waals surface area contributed by atoms with Crippen LogP contribution in [-0.2, 0) is 16.1 Å². The van der Waals surface area contributed by atoms with Crippen molar-refractivity contribution in [1.82, 2.24) is 10.2 Å².